The fraction of sp³-hybridized carbons (Fsp3) is 0. The lowest BCUT2D eigenvalue weighted by atomic mass is 9.97. The summed E-state index contributed by atoms with van der Waals surface area (Å²) >= 11 is 0. The van der Waals surface area contributed by atoms with Gasteiger partial charge in [0, 0.05) is 38.9 Å². The smallest absolute Gasteiger partial charge is 0.164 e. The molecule has 0 radical (unpaired) electrons. The van der Waals surface area contributed by atoms with Gasteiger partial charge in [-0.2, -0.15) is 0 Å². The van der Waals surface area contributed by atoms with E-state index in [0.717, 1.165) is 72.8 Å². The van der Waals surface area contributed by atoms with Crippen molar-refractivity contribution in [1.82, 2.24) is 24.9 Å². The SMILES string of the molecule is c1ccc(-c2nc(-c3ccccc3)nc(-c3ccc(-c4ccc(-c5nc(-c6ccccc6)c(-c6ccccc6)nc5-c5ccccc5)cc4)cc3)n2)cc1. The number of benzene rings is 7. The van der Waals surface area contributed by atoms with Crippen molar-refractivity contribution in [2.75, 3.05) is 0 Å². The van der Waals surface area contributed by atoms with Crippen molar-refractivity contribution < 1.29 is 0 Å². The molecule has 0 amide bonds. The summed E-state index contributed by atoms with van der Waals surface area (Å²) in [5, 5.41) is 0. The van der Waals surface area contributed by atoms with Crippen LogP contribution in [0.1, 0.15) is 0 Å². The fourth-order valence-corrected chi connectivity index (χ4v) is 6.60. The van der Waals surface area contributed by atoms with Crippen LogP contribution in [-0.4, -0.2) is 24.9 Å². The first-order chi connectivity index (χ1) is 26.8. The van der Waals surface area contributed by atoms with Gasteiger partial charge in [0.15, 0.2) is 17.5 Å². The van der Waals surface area contributed by atoms with E-state index in [-0.39, 0.29) is 0 Å². The molecule has 0 bridgehead atoms. The molecule has 7 aromatic carbocycles. The zero-order valence-electron chi connectivity index (χ0n) is 29.3. The largest absolute Gasteiger partial charge is 0.243 e. The minimum atomic E-state index is 0.629. The molecule has 0 aliphatic heterocycles. The van der Waals surface area contributed by atoms with Crippen molar-refractivity contribution in [3.8, 4) is 90.3 Å². The Bertz CT molecular complexity index is 2590. The lowest BCUT2D eigenvalue weighted by Gasteiger charge is -2.16. The molecule has 9 rings (SSSR count). The van der Waals surface area contributed by atoms with Gasteiger partial charge in [-0.3, -0.25) is 0 Å². The van der Waals surface area contributed by atoms with E-state index in [1.807, 2.05) is 115 Å². The normalized spacial score (nSPS) is 11.0. The Balaban J connectivity index is 1.09. The van der Waals surface area contributed by atoms with E-state index >= 15 is 0 Å². The molecule has 5 nitrogen and oxygen atoms in total. The molecule has 0 spiro atoms. The lowest BCUT2D eigenvalue weighted by Crippen LogP contribution is -2.00. The third-order valence-corrected chi connectivity index (χ3v) is 9.37. The number of aromatic nitrogens is 5. The molecule has 0 unspecified atom stereocenters. The van der Waals surface area contributed by atoms with Crippen molar-refractivity contribution in [3.63, 3.8) is 0 Å². The van der Waals surface area contributed by atoms with Gasteiger partial charge in [0.25, 0.3) is 0 Å². The molecule has 9 aromatic rings. The monoisotopic (exact) mass is 691 g/mol. The zero-order chi connectivity index (χ0) is 36.1. The molecule has 2 heterocycles. The van der Waals surface area contributed by atoms with Gasteiger partial charge in [0.2, 0.25) is 0 Å². The minimum absolute atomic E-state index is 0.629. The van der Waals surface area contributed by atoms with Gasteiger partial charge < -0.3 is 0 Å². The third kappa shape index (κ3) is 6.70. The summed E-state index contributed by atoms with van der Waals surface area (Å²) in [5.74, 6) is 1.92. The molecule has 54 heavy (non-hydrogen) atoms. The molecule has 5 heteroatoms. The quantitative estimate of drug-likeness (QED) is 0.159. The highest BCUT2D eigenvalue weighted by atomic mass is 15.0. The Labute approximate surface area is 314 Å². The Morgan fingerprint density at radius 1 is 0.167 bits per heavy atom. The van der Waals surface area contributed by atoms with Crippen LogP contribution in [0, 0.1) is 0 Å². The molecule has 254 valence electrons. The zero-order valence-corrected chi connectivity index (χ0v) is 29.3. The number of hydrogen-bond acceptors (Lipinski definition) is 5. The standard InChI is InChI=1S/C49H33N5/c1-6-16-36(17-7-1)43-44(37-18-8-2-9-19-37)51-46(45(50-43)38-20-10-3-11-21-38)39-30-26-34(27-31-39)35-28-32-42(33-29-35)49-53-47(40-22-12-4-13-23-40)52-48(54-49)41-24-14-5-15-25-41/h1-33H. The summed E-state index contributed by atoms with van der Waals surface area (Å²) in [5.41, 5.74) is 12.4. The van der Waals surface area contributed by atoms with E-state index in [4.69, 9.17) is 24.9 Å². The van der Waals surface area contributed by atoms with E-state index in [9.17, 15) is 0 Å². The average molecular weight is 692 g/mol. The van der Waals surface area contributed by atoms with Gasteiger partial charge in [-0.25, -0.2) is 24.9 Å². The van der Waals surface area contributed by atoms with Gasteiger partial charge >= 0.3 is 0 Å². The van der Waals surface area contributed by atoms with Gasteiger partial charge in [0.05, 0.1) is 22.8 Å². The second kappa shape index (κ2) is 14.7. The predicted octanol–water partition coefficient (Wildman–Crippen LogP) is 12.0. The van der Waals surface area contributed by atoms with Crippen LogP contribution in [0.3, 0.4) is 0 Å². The summed E-state index contributed by atoms with van der Waals surface area (Å²) in [6, 6.07) is 68.0. The second-order valence-corrected chi connectivity index (χ2v) is 12.9. The molecule has 0 aliphatic carbocycles. The van der Waals surface area contributed by atoms with Crippen LogP contribution in [0.15, 0.2) is 200 Å². The molecular formula is C49H33N5. The first-order valence-corrected chi connectivity index (χ1v) is 17.9. The molecule has 2 aromatic heterocycles. The van der Waals surface area contributed by atoms with E-state index in [1.54, 1.807) is 0 Å². The molecule has 0 N–H and O–H groups in total. The second-order valence-electron chi connectivity index (χ2n) is 12.9. The van der Waals surface area contributed by atoms with Crippen molar-refractivity contribution in [2.24, 2.45) is 0 Å². The number of nitrogens with zero attached hydrogens (tertiary/aromatic N) is 5. The van der Waals surface area contributed by atoms with Crippen molar-refractivity contribution in [3.05, 3.63) is 200 Å². The molecule has 0 aliphatic rings. The van der Waals surface area contributed by atoms with Crippen LogP contribution >= 0.6 is 0 Å². The van der Waals surface area contributed by atoms with Gasteiger partial charge in [-0.1, -0.05) is 200 Å². The summed E-state index contributed by atoms with van der Waals surface area (Å²) in [6.45, 7) is 0. The van der Waals surface area contributed by atoms with Crippen molar-refractivity contribution in [1.29, 1.82) is 0 Å². The molecule has 0 saturated carbocycles. The maximum atomic E-state index is 5.39. The minimum Gasteiger partial charge on any atom is -0.243 e. The average Bonchev–Trinajstić information content (AvgIpc) is 3.27. The Hall–Kier alpha value is -7.37. The van der Waals surface area contributed by atoms with E-state index in [0.29, 0.717) is 17.5 Å². The maximum absolute atomic E-state index is 5.39. The first-order valence-electron chi connectivity index (χ1n) is 17.9. The molecule has 0 saturated heterocycles. The number of hydrogen-bond donors (Lipinski definition) is 0. The summed E-state index contributed by atoms with van der Waals surface area (Å²) in [6.07, 6.45) is 0. The van der Waals surface area contributed by atoms with E-state index < -0.39 is 0 Å². The van der Waals surface area contributed by atoms with Crippen molar-refractivity contribution >= 4 is 0 Å². The van der Waals surface area contributed by atoms with Crippen LogP contribution < -0.4 is 0 Å². The van der Waals surface area contributed by atoms with Crippen LogP contribution in [0.25, 0.3) is 90.3 Å². The fourth-order valence-electron chi connectivity index (χ4n) is 6.60. The first kappa shape index (κ1) is 32.5. The Morgan fingerprint density at radius 2 is 0.370 bits per heavy atom. The predicted molar refractivity (Wildman–Crippen MR) is 219 cm³/mol. The molecule has 0 fully saturated rings. The molecule has 0 atom stereocenters. The Morgan fingerprint density at radius 3 is 0.667 bits per heavy atom. The summed E-state index contributed by atoms with van der Waals surface area (Å²) in [4.78, 5) is 25.4. The van der Waals surface area contributed by atoms with Crippen LogP contribution in [0.4, 0.5) is 0 Å². The third-order valence-electron chi connectivity index (χ3n) is 9.37. The van der Waals surface area contributed by atoms with Crippen molar-refractivity contribution in [2.45, 2.75) is 0 Å². The summed E-state index contributed by atoms with van der Waals surface area (Å²) < 4.78 is 0. The van der Waals surface area contributed by atoms with Gasteiger partial charge in [0.1, 0.15) is 0 Å². The van der Waals surface area contributed by atoms with E-state index in [1.165, 1.54) is 0 Å². The maximum Gasteiger partial charge on any atom is 0.164 e. The van der Waals surface area contributed by atoms with Gasteiger partial charge in [-0.15, -0.1) is 0 Å². The topological polar surface area (TPSA) is 64.5 Å². The molecular weight excluding hydrogens is 659 g/mol. The van der Waals surface area contributed by atoms with E-state index in [2.05, 4.69) is 84.9 Å². The van der Waals surface area contributed by atoms with Gasteiger partial charge in [-0.05, 0) is 11.1 Å². The van der Waals surface area contributed by atoms with Crippen LogP contribution in [-0.2, 0) is 0 Å². The highest BCUT2D eigenvalue weighted by molar-refractivity contribution is 5.87. The summed E-state index contributed by atoms with van der Waals surface area (Å²) in [7, 11) is 0. The van der Waals surface area contributed by atoms with Crippen LogP contribution in [0.2, 0.25) is 0 Å². The highest BCUT2D eigenvalue weighted by Crippen LogP contribution is 2.38. The lowest BCUT2D eigenvalue weighted by molar-refractivity contribution is 1.07. The van der Waals surface area contributed by atoms with Crippen LogP contribution in [0.5, 0.6) is 0 Å². The number of rotatable bonds is 8. The Kier molecular flexibility index (Phi) is 8.86. The highest BCUT2D eigenvalue weighted by Gasteiger charge is 2.19.